The maximum Gasteiger partial charge on any atom is 0.265 e. The molecule has 0 aliphatic carbocycles. The Balaban J connectivity index is 1.99. The average Bonchev–Trinajstić information content (AvgIpc) is 2.67. The van der Waals surface area contributed by atoms with E-state index in [4.69, 9.17) is 4.74 Å². The molecule has 0 radical (unpaired) electrons. The number of unbranched alkanes of at least 4 members (excludes halogenated alkanes) is 1. The van der Waals surface area contributed by atoms with Crippen molar-refractivity contribution in [2.45, 2.75) is 44.1 Å². The standard InChI is InChI=1S/C20H26N2O4S/c1-3-5-15-21-27(24,25)18-13-11-16(12-14-18)22-20(23)19(4-2)26-17-9-7-6-8-10-17/h6-14,19,21H,3-5,15H2,1-2H3,(H,22,23)/t19-/m0/s1. The van der Waals surface area contributed by atoms with Gasteiger partial charge < -0.3 is 10.1 Å². The molecule has 0 aliphatic heterocycles. The molecular weight excluding hydrogens is 364 g/mol. The van der Waals surface area contributed by atoms with E-state index in [1.807, 2.05) is 32.0 Å². The molecule has 146 valence electrons. The number of para-hydroxylation sites is 1. The van der Waals surface area contributed by atoms with E-state index >= 15 is 0 Å². The molecular formula is C20H26N2O4S. The van der Waals surface area contributed by atoms with E-state index < -0.39 is 16.1 Å². The normalized spacial score (nSPS) is 12.4. The van der Waals surface area contributed by atoms with Gasteiger partial charge in [-0.1, -0.05) is 38.5 Å². The molecule has 0 saturated heterocycles. The van der Waals surface area contributed by atoms with E-state index in [1.165, 1.54) is 12.1 Å². The summed E-state index contributed by atoms with van der Waals surface area (Å²) in [6.45, 7) is 4.27. The van der Waals surface area contributed by atoms with Crippen LogP contribution >= 0.6 is 0 Å². The number of sulfonamides is 1. The second kappa shape index (κ2) is 10.1. The maximum atomic E-state index is 12.4. The molecule has 27 heavy (non-hydrogen) atoms. The predicted molar refractivity (Wildman–Crippen MR) is 106 cm³/mol. The van der Waals surface area contributed by atoms with Gasteiger partial charge >= 0.3 is 0 Å². The Labute approximate surface area is 161 Å². The smallest absolute Gasteiger partial charge is 0.265 e. The van der Waals surface area contributed by atoms with Gasteiger partial charge in [-0.05, 0) is 49.2 Å². The quantitative estimate of drug-likeness (QED) is 0.608. The van der Waals surface area contributed by atoms with Crippen molar-refractivity contribution in [3.8, 4) is 5.75 Å². The van der Waals surface area contributed by atoms with Gasteiger partial charge in [-0.15, -0.1) is 0 Å². The molecule has 0 unspecified atom stereocenters. The Hall–Kier alpha value is -2.38. The summed E-state index contributed by atoms with van der Waals surface area (Å²) in [5, 5.41) is 2.76. The van der Waals surface area contributed by atoms with Crippen LogP contribution in [-0.4, -0.2) is 27.0 Å². The highest BCUT2D eigenvalue weighted by atomic mass is 32.2. The van der Waals surface area contributed by atoms with E-state index in [9.17, 15) is 13.2 Å². The molecule has 2 rings (SSSR count). The first-order valence-electron chi connectivity index (χ1n) is 9.08. The largest absolute Gasteiger partial charge is 0.481 e. The summed E-state index contributed by atoms with van der Waals surface area (Å²) in [6.07, 6.45) is 1.57. The molecule has 1 amide bonds. The summed E-state index contributed by atoms with van der Waals surface area (Å²) in [5.41, 5.74) is 0.516. The number of anilines is 1. The third-order valence-electron chi connectivity index (χ3n) is 3.94. The first-order chi connectivity index (χ1) is 13.0. The number of carbonyl (C=O) groups is 1. The van der Waals surface area contributed by atoms with Crippen LogP contribution < -0.4 is 14.8 Å². The molecule has 0 spiro atoms. The van der Waals surface area contributed by atoms with E-state index in [-0.39, 0.29) is 10.8 Å². The van der Waals surface area contributed by atoms with Crippen LogP contribution in [0.4, 0.5) is 5.69 Å². The van der Waals surface area contributed by atoms with Gasteiger partial charge in [0.2, 0.25) is 10.0 Å². The molecule has 2 aromatic rings. The van der Waals surface area contributed by atoms with E-state index in [0.29, 0.717) is 24.4 Å². The number of hydrogen-bond acceptors (Lipinski definition) is 4. The van der Waals surface area contributed by atoms with Gasteiger partial charge in [0.25, 0.3) is 5.91 Å². The van der Waals surface area contributed by atoms with Gasteiger partial charge in [0.15, 0.2) is 6.10 Å². The molecule has 1 atom stereocenters. The monoisotopic (exact) mass is 390 g/mol. The number of ether oxygens (including phenoxy) is 1. The fraction of sp³-hybridized carbons (Fsp3) is 0.350. The minimum Gasteiger partial charge on any atom is -0.481 e. The van der Waals surface area contributed by atoms with Crippen LogP contribution in [0.3, 0.4) is 0 Å². The van der Waals surface area contributed by atoms with Crippen LogP contribution in [0.1, 0.15) is 33.1 Å². The average molecular weight is 391 g/mol. The van der Waals surface area contributed by atoms with E-state index in [1.54, 1.807) is 24.3 Å². The highest BCUT2D eigenvalue weighted by molar-refractivity contribution is 7.89. The molecule has 0 aliphatic rings. The van der Waals surface area contributed by atoms with Crippen molar-refractivity contribution in [3.63, 3.8) is 0 Å². The van der Waals surface area contributed by atoms with Crippen LogP contribution in [0.2, 0.25) is 0 Å². The Morgan fingerprint density at radius 1 is 1.04 bits per heavy atom. The number of amides is 1. The minimum absolute atomic E-state index is 0.171. The molecule has 6 nitrogen and oxygen atoms in total. The molecule has 2 N–H and O–H groups in total. The Morgan fingerprint density at radius 2 is 1.70 bits per heavy atom. The van der Waals surface area contributed by atoms with Gasteiger partial charge in [0, 0.05) is 12.2 Å². The van der Waals surface area contributed by atoms with Crippen LogP contribution in [0.15, 0.2) is 59.5 Å². The number of nitrogens with one attached hydrogen (secondary N) is 2. The number of hydrogen-bond donors (Lipinski definition) is 2. The molecule has 0 bridgehead atoms. The van der Waals surface area contributed by atoms with Crippen LogP contribution in [0, 0.1) is 0 Å². The summed E-state index contributed by atoms with van der Waals surface area (Å²) in [6, 6.07) is 15.2. The first-order valence-corrected chi connectivity index (χ1v) is 10.6. The van der Waals surface area contributed by atoms with Crippen molar-refractivity contribution in [1.29, 1.82) is 0 Å². The van der Waals surface area contributed by atoms with Crippen molar-refractivity contribution in [2.24, 2.45) is 0 Å². The third-order valence-corrected chi connectivity index (χ3v) is 5.42. The van der Waals surface area contributed by atoms with Crippen LogP contribution in [0.25, 0.3) is 0 Å². The van der Waals surface area contributed by atoms with Gasteiger partial charge in [-0.25, -0.2) is 13.1 Å². The molecule has 0 heterocycles. The minimum atomic E-state index is -3.53. The summed E-state index contributed by atoms with van der Waals surface area (Å²) < 4.78 is 32.6. The van der Waals surface area contributed by atoms with Gasteiger partial charge in [0.1, 0.15) is 5.75 Å². The zero-order valence-electron chi connectivity index (χ0n) is 15.6. The zero-order valence-corrected chi connectivity index (χ0v) is 16.5. The van der Waals surface area contributed by atoms with Gasteiger partial charge in [-0.2, -0.15) is 0 Å². The Bertz CT molecular complexity index is 821. The summed E-state index contributed by atoms with van der Waals surface area (Å²) >= 11 is 0. The zero-order chi connectivity index (χ0) is 19.7. The SMILES string of the molecule is CCCCNS(=O)(=O)c1ccc(NC(=O)[C@H](CC)Oc2ccccc2)cc1. The number of carbonyl (C=O) groups excluding carboxylic acids is 1. The van der Waals surface area contributed by atoms with Crippen LogP contribution in [0.5, 0.6) is 5.75 Å². The molecule has 0 saturated carbocycles. The van der Waals surface area contributed by atoms with Crippen molar-refractivity contribution in [1.82, 2.24) is 4.72 Å². The number of benzene rings is 2. The van der Waals surface area contributed by atoms with Crippen molar-refractivity contribution in [3.05, 3.63) is 54.6 Å². The lowest BCUT2D eigenvalue weighted by Gasteiger charge is -2.17. The second-order valence-electron chi connectivity index (χ2n) is 6.09. The molecule has 7 heteroatoms. The summed E-state index contributed by atoms with van der Waals surface area (Å²) in [7, 11) is -3.53. The molecule has 2 aromatic carbocycles. The van der Waals surface area contributed by atoms with Crippen molar-refractivity contribution in [2.75, 3.05) is 11.9 Å². The lowest BCUT2D eigenvalue weighted by atomic mass is 10.2. The summed E-state index contributed by atoms with van der Waals surface area (Å²) in [4.78, 5) is 12.6. The fourth-order valence-electron chi connectivity index (χ4n) is 2.39. The topological polar surface area (TPSA) is 84.5 Å². The fourth-order valence-corrected chi connectivity index (χ4v) is 3.47. The first kappa shape index (κ1) is 20.9. The van der Waals surface area contributed by atoms with Crippen LogP contribution in [-0.2, 0) is 14.8 Å². The highest BCUT2D eigenvalue weighted by Gasteiger charge is 2.19. The number of rotatable bonds is 10. The maximum absolute atomic E-state index is 12.4. The molecule has 0 aromatic heterocycles. The lowest BCUT2D eigenvalue weighted by Crippen LogP contribution is -2.32. The Morgan fingerprint density at radius 3 is 2.30 bits per heavy atom. The van der Waals surface area contributed by atoms with E-state index in [2.05, 4.69) is 10.0 Å². The predicted octanol–water partition coefficient (Wildman–Crippen LogP) is 3.56. The third kappa shape index (κ3) is 6.37. The second-order valence-corrected chi connectivity index (χ2v) is 7.86. The Kier molecular flexibility index (Phi) is 7.82. The highest BCUT2D eigenvalue weighted by Crippen LogP contribution is 2.17. The van der Waals surface area contributed by atoms with Crippen molar-refractivity contribution >= 4 is 21.6 Å². The van der Waals surface area contributed by atoms with Gasteiger partial charge in [-0.3, -0.25) is 4.79 Å². The summed E-state index contributed by atoms with van der Waals surface area (Å²) in [5.74, 6) is 0.345. The molecule has 0 fully saturated rings. The lowest BCUT2D eigenvalue weighted by molar-refractivity contribution is -0.122. The van der Waals surface area contributed by atoms with Gasteiger partial charge in [0.05, 0.1) is 4.90 Å². The van der Waals surface area contributed by atoms with E-state index in [0.717, 1.165) is 12.8 Å². The van der Waals surface area contributed by atoms with Crippen molar-refractivity contribution < 1.29 is 17.9 Å².